The van der Waals surface area contributed by atoms with E-state index < -0.39 is 12.1 Å². The summed E-state index contributed by atoms with van der Waals surface area (Å²) in [5, 5.41) is 9.50. The molecule has 0 spiro atoms. The predicted molar refractivity (Wildman–Crippen MR) is 186 cm³/mol. The van der Waals surface area contributed by atoms with E-state index in [1.807, 2.05) is 12.2 Å². The van der Waals surface area contributed by atoms with Crippen LogP contribution in [-0.2, 0) is 19.1 Å². The molecule has 0 aliphatic rings. The number of carbonyl (C=O) groups is 2. The molecule has 44 heavy (non-hydrogen) atoms. The van der Waals surface area contributed by atoms with Crippen LogP contribution in [0.4, 0.5) is 0 Å². The Hall–Kier alpha value is -2.66. The summed E-state index contributed by atoms with van der Waals surface area (Å²) in [5.74, 6) is -0.696. The lowest BCUT2D eigenvalue weighted by Gasteiger charge is -2.15. The Morgan fingerprint density at radius 1 is 0.545 bits per heavy atom. The van der Waals surface area contributed by atoms with Crippen molar-refractivity contribution in [2.24, 2.45) is 0 Å². The molecule has 0 aliphatic carbocycles. The topological polar surface area (TPSA) is 72.8 Å². The number of aliphatic hydroxyl groups is 1. The van der Waals surface area contributed by atoms with Crippen LogP contribution >= 0.6 is 0 Å². The van der Waals surface area contributed by atoms with Crippen LogP contribution in [0.25, 0.3) is 0 Å². The van der Waals surface area contributed by atoms with Gasteiger partial charge in [-0.05, 0) is 51.4 Å². The first-order chi connectivity index (χ1) is 21.6. The highest BCUT2D eigenvalue weighted by Gasteiger charge is 2.15. The van der Waals surface area contributed by atoms with E-state index in [4.69, 9.17) is 9.47 Å². The average Bonchev–Trinajstić information content (AvgIpc) is 3.02. The summed E-state index contributed by atoms with van der Waals surface area (Å²) in [6, 6.07) is 0. The standard InChI is InChI=1S/C39H64O5/c1-3-5-7-9-11-13-15-16-17-18-19-20-21-22-24-26-28-30-32-34-39(42)44-37(35-40)36-43-38(41)33-31-29-27-25-23-14-12-10-8-6-4-2/h5,7,11,13,16-17,19-20,22,24,28,30,37,40H,3-4,6,8-10,12,14-15,18,21,23,25-27,29,31-36H2,1-2H3. The highest BCUT2D eigenvalue weighted by atomic mass is 16.6. The molecule has 250 valence electrons. The molecule has 0 rings (SSSR count). The molecule has 0 amide bonds. The summed E-state index contributed by atoms with van der Waals surface area (Å²) >= 11 is 0. The molecule has 1 unspecified atom stereocenters. The Balaban J connectivity index is 3.76. The number of ether oxygens (including phenoxy) is 2. The van der Waals surface area contributed by atoms with Gasteiger partial charge in [-0.3, -0.25) is 9.59 Å². The molecule has 0 radical (unpaired) electrons. The molecule has 0 saturated heterocycles. The molecule has 0 saturated carbocycles. The first-order valence-corrected chi connectivity index (χ1v) is 17.5. The highest BCUT2D eigenvalue weighted by molar-refractivity contribution is 5.70. The van der Waals surface area contributed by atoms with Crippen molar-refractivity contribution in [2.75, 3.05) is 13.2 Å². The van der Waals surface area contributed by atoms with Gasteiger partial charge in [-0.25, -0.2) is 0 Å². The van der Waals surface area contributed by atoms with Crippen molar-refractivity contribution in [3.63, 3.8) is 0 Å². The number of hydrogen-bond donors (Lipinski definition) is 1. The zero-order chi connectivity index (χ0) is 32.2. The van der Waals surface area contributed by atoms with Crippen LogP contribution in [0.2, 0.25) is 0 Å². The predicted octanol–water partition coefficient (Wildman–Crippen LogP) is 10.6. The Morgan fingerprint density at radius 2 is 0.977 bits per heavy atom. The van der Waals surface area contributed by atoms with Crippen LogP contribution in [0.5, 0.6) is 0 Å². The number of hydrogen-bond acceptors (Lipinski definition) is 5. The van der Waals surface area contributed by atoms with Gasteiger partial charge in [-0.15, -0.1) is 0 Å². The lowest BCUT2D eigenvalue weighted by atomic mass is 10.1. The van der Waals surface area contributed by atoms with E-state index in [2.05, 4.69) is 74.6 Å². The number of unbranched alkanes of at least 4 members (excludes halogenated alkanes) is 10. The Bertz CT molecular complexity index is 833. The van der Waals surface area contributed by atoms with Gasteiger partial charge in [-0.1, -0.05) is 151 Å². The maximum Gasteiger partial charge on any atom is 0.306 e. The summed E-state index contributed by atoms with van der Waals surface area (Å²) < 4.78 is 10.5. The lowest BCUT2D eigenvalue weighted by molar-refractivity contribution is -0.161. The van der Waals surface area contributed by atoms with Gasteiger partial charge in [0, 0.05) is 12.8 Å². The van der Waals surface area contributed by atoms with Crippen molar-refractivity contribution >= 4 is 11.9 Å². The molecular weight excluding hydrogens is 548 g/mol. The third-order valence-electron chi connectivity index (χ3n) is 7.03. The molecule has 0 aromatic rings. The molecule has 0 aromatic heterocycles. The molecular formula is C39H64O5. The summed E-state index contributed by atoms with van der Waals surface area (Å²) in [4.78, 5) is 24.1. The van der Waals surface area contributed by atoms with E-state index in [1.54, 1.807) is 0 Å². The Labute approximate surface area is 270 Å². The normalized spacial score (nSPS) is 13.1. The van der Waals surface area contributed by atoms with Gasteiger partial charge in [0.05, 0.1) is 6.61 Å². The molecule has 1 atom stereocenters. The second kappa shape index (κ2) is 34.8. The van der Waals surface area contributed by atoms with Crippen molar-refractivity contribution in [2.45, 2.75) is 148 Å². The number of esters is 2. The van der Waals surface area contributed by atoms with E-state index in [0.29, 0.717) is 12.8 Å². The maximum atomic E-state index is 12.1. The van der Waals surface area contributed by atoms with Crippen LogP contribution in [0.15, 0.2) is 72.9 Å². The number of aliphatic hydroxyl groups excluding tert-OH is 1. The fourth-order valence-corrected chi connectivity index (χ4v) is 4.40. The van der Waals surface area contributed by atoms with Gasteiger partial charge in [-0.2, -0.15) is 0 Å². The average molecular weight is 613 g/mol. The summed E-state index contributed by atoms with van der Waals surface area (Å²) in [7, 11) is 0. The molecule has 5 heteroatoms. The van der Waals surface area contributed by atoms with Gasteiger partial charge in [0.25, 0.3) is 0 Å². The Morgan fingerprint density at radius 3 is 1.43 bits per heavy atom. The van der Waals surface area contributed by atoms with Crippen molar-refractivity contribution in [3.8, 4) is 0 Å². The molecule has 5 nitrogen and oxygen atoms in total. The fraction of sp³-hybridized carbons (Fsp3) is 0.641. The minimum atomic E-state index is -0.811. The number of allylic oxidation sites excluding steroid dienone is 12. The molecule has 0 bridgehead atoms. The fourth-order valence-electron chi connectivity index (χ4n) is 4.40. The van der Waals surface area contributed by atoms with Crippen LogP contribution in [0.3, 0.4) is 0 Å². The van der Waals surface area contributed by atoms with E-state index in [0.717, 1.165) is 57.8 Å². The largest absolute Gasteiger partial charge is 0.462 e. The highest BCUT2D eigenvalue weighted by Crippen LogP contribution is 2.12. The maximum absolute atomic E-state index is 12.1. The third kappa shape index (κ3) is 32.3. The monoisotopic (exact) mass is 612 g/mol. The lowest BCUT2D eigenvalue weighted by Crippen LogP contribution is -2.28. The van der Waals surface area contributed by atoms with E-state index in [9.17, 15) is 14.7 Å². The molecule has 0 aliphatic heterocycles. The van der Waals surface area contributed by atoms with Crippen molar-refractivity contribution in [1.82, 2.24) is 0 Å². The minimum absolute atomic E-state index is 0.0982. The first-order valence-electron chi connectivity index (χ1n) is 17.5. The number of carbonyl (C=O) groups excluding carboxylic acids is 2. The third-order valence-corrected chi connectivity index (χ3v) is 7.03. The van der Waals surface area contributed by atoms with Crippen LogP contribution < -0.4 is 0 Å². The number of rotatable bonds is 30. The summed E-state index contributed by atoms with van der Waals surface area (Å²) in [6.45, 7) is 3.93. The summed E-state index contributed by atoms with van der Waals surface area (Å²) in [5.41, 5.74) is 0. The van der Waals surface area contributed by atoms with E-state index in [1.165, 1.54) is 51.4 Å². The summed E-state index contributed by atoms with van der Waals surface area (Å²) in [6.07, 6.45) is 45.4. The van der Waals surface area contributed by atoms with Crippen LogP contribution in [0.1, 0.15) is 142 Å². The molecule has 0 aromatic carbocycles. The molecule has 0 fully saturated rings. The van der Waals surface area contributed by atoms with Gasteiger partial charge in [0.15, 0.2) is 6.10 Å². The van der Waals surface area contributed by atoms with Crippen LogP contribution in [0, 0.1) is 0 Å². The molecule has 0 heterocycles. The van der Waals surface area contributed by atoms with Gasteiger partial charge >= 0.3 is 11.9 Å². The van der Waals surface area contributed by atoms with Crippen molar-refractivity contribution in [3.05, 3.63) is 72.9 Å². The minimum Gasteiger partial charge on any atom is -0.462 e. The zero-order valence-electron chi connectivity index (χ0n) is 28.1. The quantitative estimate of drug-likeness (QED) is 0.0496. The molecule has 1 N–H and O–H groups in total. The second-order valence-electron chi connectivity index (χ2n) is 11.2. The first kappa shape index (κ1) is 41.3. The van der Waals surface area contributed by atoms with Crippen LogP contribution in [-0.4, -0.2) is 36.4 Å². The zero-order valence-corrected chi connectivity index (χ0v) is 28.1. The van der Waals surface area contributed by atoms with E-state index in [-0.39, 0.29) is 25.6 Å². The SMILES string of the molecule is CCC=CCC=CCC=CCC=CCC=CCC=CCCC(=O)OC(CO)COC(=O)CCCCCCCCCCCCC. The van der Waals surface area contributed by atoms with E-state index >= 15 is 0 Å². The van der Waals surface area contributed by atoms with Crippen molar-refractivity contribution in [1.29, 1.82) is 0 Å². The second-order valence-corrected chi connectivity index (χ2v) is 11.2. The van der Waals surface area contributed by atoms with Gasteiger partial charge in [0.1, 0.15) is 6.61 Å². The van der Waals surface area contributed by atoms with Gasteiger partial charge in [0.2, 0.25) is 0 Å². The smallest absolute Gasteiger partial charge is 0.306 e. The van der Waals surface area contributed by atoms with Gasteiger partial charge < -0.3 is 14.6 Å². The van der Waals surface area contributed by atoms with Crippen molar-refractivity contribution < 1.29 is 24.2 Å². The Kier molecular flexibility index (Phi) is 32.7.